The average Bonchev–Trinajstić information content (AvgIpc) is 2.70. The van der Waals surface area contributed by atoms with Gasteiger partial charge in [-0.25, -0.2) is 0 Å². The summed E-state index contributed by atoms with van der Waals surface area (Å²) < 4.78 is 8.84. The summed E-state index contributed by atoms with van der Waals surface area (Å²) in [6.07, 6.45) is 14.2. The summed E-state index contributed by atoms with van der Waals surface area (Å²) in [6.45, 7) is 14.6. The van der Waals surface area contributed by atoms with Gasteiger partial charge in [0.1, 0.15) is 5.82 Å². The van der Waals surface area contributed by atoms with Crippen molar-refractivity contribution in [3.8, 4) is 11.4 Å². The van der Waals surface area contributed by atoms with Gasteiger partial charge in [0.15, 0.2) is 0 Å². The van der Waals surface area contributed by atoms with Gasteiger partial charge >= 0.3 is 0 Å². The topological polar surface area (TPSA) is 12.0 Å². The highest BCUT2D eigenvalue weighted by atomic mass is 28.3. The van der Waals surface area contributed by atoms with E-state index in [1.54, 1.807) is 0 Å². The highest BCUT2D eigenvalue weighted by Gasteiger charge is 2.38. The fraction of sp³-hybridized carbons (Fsp3) is 0.741. The van der Waals surface area contributed by atoms with E-state index < -0.39 is 8.90 Å². The third-order valence-corrected chi connectivity index (χ3v) is 11.1. The molecule has 0 atom stereocenters. The first-order chi connectivity index (χ1) is 14.7. The van der Waals surface area contributed by atoms with Gasteiger partial charge in [-0.1, -0.05) is 56.7 Å². The van der Waals surface area contributed by atoms with Crippen LogP contribution in [0.3, 0.4) is 0 Å². The van der Waals surface area contributed by atoms with Gasteiger partial charge in [-0.05, 0) is 79.4 Å². The molecule has 31 heavy (non-hydrogen) atoms. The molecule has 0 aliphatic heterocycles. The van der Waals surface area contributed by atoms with Crippen molar-refractivity contribution in [1.82, 2.24) is 4.22 Å². The minimum absolute atomic E-state index is 0.128. The molecule has 2 fully saturated rings. The fourth-order valence-corrected chi connectivity index (χ4v) is 9.73. The number of rotatable bonds is 4. The Labute approximate surface area is 192 Å². The summed E-state index contributed by atoms with van der Waals surface area (Å²) >= 11 is 0. The molecule has 2 aliphatic carbocycles. The Morgan fingerprint density at radius 3 is 1.68 bits per heavy atom. The summed E-state index contributed by atoms with van der Waals surface area (Å²) in [5, 5.41) is 0. The van der Waals surface area contributed by atoms with Gasteiger partial charge in [0.05, 0.1) is 0 Å². The molecule has 172 valence electrons. The first-order valence-corrected chi connectivity index (χ1v) is 14.2. The van der Waals surface area contributed by atoms with Gasteiger partial charge in [0, 0.05) is 28.7 Å². The molecule has 2 aromatic rings. The van der Waals surface area contributed by atoms with Crippen molar-refractivity contribution in [2.45, 2.75) is 129 Å². The minimum Gasteiger partial charge on any atom is -0.471 e. The number of aromatic nitrogens is 2. The van der Waals surface area contributed by atoms with Gasteiger partial charge in [0.25, 0.3) is 0 Å². The predicted octanol–water partition coefficient (Wildman–Crippen LogP) is 6.30. The lowest BCUT2D eigenvalue weighted by atomic mass is 9.91. The van der Waals surface area contributed by atoms with E-state index in [4.69, 9.17) is 0 Å². The number of hydrogen-bond donors (Lipinski definition) is 0. The van der Waals surface area contributed by atoms with Crippen LogP contribution in [0.25, 0.3) is 11.4 Å². The van der Waals surface area contributed by atoms with Crippen LogP contribution in [0, 0.1) is 0 Å². The maximum Gasteiger partial charge on any atom is 0.221 e. The zero-order chi connectivity index (χ0) is 22.2. The van der Waals surface area contributed by atoms with Crippen LogP contribution in [0.4, 0.5) is 0 Å². The van der Waals surface area contributed by atoms with Gasteiger partial charge in [-0.15, -0.1) is 0 Å². The van der Waals surface area contributed by atoms with E-state index in [2.05, 4.69) is 84.9 Å². The zero-order valence-corrected chi connectivity index (χ0v) is 22.0. The van der Waals surface area contributed by atoms with Crippen molar-refractivity contribution in [1.29, 1.82) is 0 Å². The number of hydrogen-bond acceptors (Lipinski definition) is 1. The quantitative estimate of drug-likeness (QED) is 0.509. The number of benzene rings is 1. The van der Waals surface area contributed by atoms with Crippen LogP contribution < -0.4 is 8.79 Å². The van der Waals surface area contributed by atoms with E-state index in [1.807, 2.05) is 0 Å². The SMILES string of the molecule is CC(C)(C)n1c(-c2ccccc2)[n+](C(C)(C)C)[si-]1N(C1CCCCC1)C1CCCCC1. The highest BCUT2D eigenvalue weighted by Crippen LogP contribution is 2.33. The van der Waals surface area contributed by atoms with Crippen LogP contribution in [-0.4, -0.2) is 25.2 Å². The third kappa shape index (κ3) is 4.60. The molecule has 2 saturated carbocycles. The van der Waals surface area contributed by atoms with Crippen LogP contribution in [0.5, 0.6) is 0 Å². The molecule has 4 rings (SSSR count). The summed E-state index contributed by atoms with van der Waals surface area (Å²) in [5.41, 5.74) is 1.64. The maximum absolute atomic E-state index is 3.12. The largest absolute Gasteiger partial charge is 0.471 e. The predicted molar refractivity (Wildman–Crippen MR) is 134 cm³/mol. The molecule has 1 aromatic carbocycles. The van der Waals surface area contributed by atoms with Gasteiger partial charge in [-0.3, -0.25) is 0 Å². The summed E-state index contributed by atoms with van der Waals surface area (Å²) in [5.74, 6) is 1.46. The van der Waals surface area contributed by atoms with E-state index in [0.29, 0.717) is 0 Å². The lowest BCUT2D eigenvalue weighted by Gasteiger charge is -2.57. The fourth-order valence-electron chi connectivity index (χ4n) is 6.00. The molecule has 0 bridgehead atoms. The molecular formula is C27H45N3Si. The van der Waals surface area contributed by atoms with Crippen LogP contribution in [-0.2, 0) is 11.1 Å². The Balaban J connectivity index is 1.91. The second-order valence-electron chi connectivity index (χ2n) is 12.0. The van der Waals surface area contributed by atoms with Crippen LogP contribution in [0.15, 0.2) is 30.3 Å². The van der Waals surface area contributed by atoms with E-state index in [9.17, 15) is 0 Å². The zero-order valence-electron chi connectivity index (χ0n) is 21.0. The Morgan fingerprint density at radius 1 is 0.774 bits per heavy atom. The average molecular weight is 440 g/mol. The smallest absolute Gasteiger partial charge is 0.221 e. The van der Waals surface area contributed by atoms with Gasteiger partial charge in [-0.2, -0.15) is 0 Å². The van der Waals surface area contributed by atoms with Crippen molar-refractivity contribution in [2.75, 3.05) is 4.57 Å². The summed E-state index contributed by atoms with van der Waals surface area (Å²) in [4.78, 5) is 0. The second kappa shape index (κ2) is 8.92. The summed E-state index contributed by atoms with van der Waals surface area (Å²) in [6, 6.07) is 12.7. The first kappa shape index (κ1) is 22.9. The van der Waals surface area contributed by atoms with Gasteiger partial charge < -0.3 is 13.0 Å². The first-order valence-electron chi connectivity index (χ1n) is 12.9. The standard InChI is InChI=1S/C27H45N3Si/c1-26(2,3)29-25(22-16-10-7-11-17-22)30(27(4,5)6)31(29)28(23-18-12-8-13-19-23)24-20-14-9-15-21-24/h7,10-11,16-17,23-24H,8-9,12-15,18-21H2,1-6H3. The van der Waals surface area contributed by atoms with E-state index in [-0.39, 0.29) is 11.1 Å². The highest BCUT2D eigenvalue weighted by molar-refractivity contribution is 6.42. The molecule has 0 saturated heterocycles. The summed E-state index contributed by atoms with van der Waals surface area (Å²) in [7, 11) is -1.01. The Hall–Kier alpha value is -1.29. The van der Waals surface area contributed by atoms with E-state index in [1.165, 1.54) is 75.6 Å². The van der Waals surface area contributed by atoms with Crippen molar-refractivity contribution in [3.63, 3.8) is 0 Å². The van der Waals surface area contributed by atoms with Gasteiger partial charge in [0.2, 0.25) is 8.90 Å². The van der Waals surface area contributed by atoms with Crippen LogP contribution in [0.2, 0.25) is 0 Å². The Bertz CT molecular complexity index is 790. The van der Waals surface area contributed by atoms with Crippen molar-refractivity contribution in [3.05, 3.63) is 30.3 Å². The molecule has 0 unspecified atom stereocenters. The van der Waals surface area contributed by atoms with E-state index in [0.717, 1.165) is 12.1 Å². The molecule has 2 aliphatic rings. The second-order valence-corrected chi connectivity index (χ2v) is 14.0. The van der Waals surface area contributed by atoms with E-state index >= 15 is 0 Å². The molecule has 0 amide bonds. The van der Waals surface area contributed by atoms with Crippen LogP contribution in [0.1, 0.15) is 106 Å². The Kier molecular flexibility index (Phi) is 6.58. The molecule has 3 nitrogen and oxygen atoms in total. The lowest BCUT2D eigenvalue weighted by molar-refractivity contribution is -0.714. The molecule has 0 radical (unpaired) electrons. The van der Waals surface area contributed by atoms with Crippen LogP contribution >= 0.6 is 0 Å². The minimum atomic E-state index is -1.01. The molecule has 1 aromatic heterocycles. The normalized spacial score (nSPS) is 19.7. The molecule has 4 heteroatoms. The van der Waals surface area contributed by atoms with Crippen molar-refractivity contribution < 1.29 is 4.22 Å². The number of nitrogens with zero attached hydrogens (tertiary/aromatic N) is 3. The van der Waals surface area contributed by atoms with Crippen molar-refractivity contribution >= 4 is 8.90 Å². The molecule has 0 N–H and O–H groups in total. The molecule has 1 heterocycles. The Morgan fingerprint density at radius 2 is 1.26 bits per heavy atom. The lowest BCUT2D eigenvalue weighted by Crippen LogP contribution is -2.78. The maximum atomic E-state index is 3.12. The monoisotopic (exact) mass is 439 g/mol. The third-order valence-electron chi connectivity index (χ3n) is 7.36. The van der Waals surface area contributed by atoms with Crippen molar-refractivity contribution in [2.24, 2.45) is 0 Å². The molecule has 0 spiro atoms. The molecular weight excluding hydrogens is 394 g/mol.